The van der Waals surface area contributed by atoms with Gasteiger partial charge in [0.25, 0.3) is 5.91 Å². The quantitative estimate of drug-likeness (QED) is 0.567. The van der Waals surface area contributed by atoms with Crippen molar-refractivity contribution in [2.75, 3.05) is 13.1 Å². The first kappa shape index (κ1) is 17.4. The number of hydrogen-bond donors (Lipinski definition) is 0. The fraction of sp³-hybridized carbons (Fsp3) is 0.300. The van der Waals surface area contributed by atoms with Crippen LogP contribution in [-0.4, -0.2) is 28.9 Å². The molecule has 2 heterocycles. The van der Waals surface area contributed by atoms with Gasteiger partial charge in [0, 0.05) is 29.2 Å². The smallest absolute Gasteiger partial charge is 0.253 e. The Hall–Kier alpha value is -2.04. The number of hydrogen-bond acceptors (Lipinski definition) is 3. The van der Waals surface area contributed by atoms with E-state index in [0.29, 0.717) is 38.5 Å². The lowest BCUT2D eigenvalue weighted by molar-refractivity contribution is 0.0697. The second kappa shape index (κ2) is 6.93. The van der Waals surface area contributed by atoms with Gasteiger partial charge in [-0.1, -0.05) is 36.2 Å². The third-order valence-electron chi connectivity index (χ3n) is 4.84. The molecule has 1 amide bonds. The molecule has 1 fully saturated rings. The topological polar surface area (TPSA) is 46.3 Å². The van der Waals surface area contributed by atoms with Gasteiger partial charge in [-0.3, -0.25) is 4.79 Å². The van der Waals surface area contributed by atoms with Gasteiger partial charge in [0.1, 0.15) is 5.52 Å². The number of likely N-dealkylation sites (tertiary alicyclic amines) is 1. The van der Waals surface area contributed by atoms with E-state index in [-0.39, 0.29) is 5.91 Å². The van der Waals surface area contributed by atoms with Crippen molar-refractivity contribution in [3.63, 3.8) is 0 Å². The van der Waals surface area contributed by atoms with Crippen LogP contribution >= 0.6 is 23.2 Å². The minimum atomic E-state index is 0.0518. The van der Waals surface area contributed by atoms with Gasteiger partial charge in [-0.2, -0.15) is 0 Å². The molecule has 1 saturated heterocycles. The summed E-state index contributed by atoms with van der Waals surface area (Å²) in [4.78, 5) is 19.2. The zero-order chi connectivity index (χ0) is 18.3. The van der Waals surface area contributed by atoms with Gasteiger partial charge >= 0.3 is 0 Å². The molecule has 0 aliphatic carbocycles. The maximum atomic E-state index is 12.8. The molecule has 0 atom stereocenters. The summed E-state index contributed by atoms with van der Waals surface area (Å²) in [6, 6.07) is 10.7. The SMILES string of the molecule is CC1CCN(C(=O)c2cccc(-c3nc4cc(Cl)cc(Cl)c4o3)c2)CC1. The van der Waals surface area contributed by atoms with E-state index >= 15 is 0 Å². The number of piperidine rings is 1. The van der Waals surface area contributed by atoms with E-state index in [1.807, 2.05) is 29.2 Å². The van der Waals surface area contributed by atoms with E-state index in [9.17, 15) is 4.79 Å². The lowest BCUT2D eigenvalue weighted by atomic mass is 9.98. The lowest BCUT2D eigenvalue weighted by Crippen LogP contribution is -2.37. The number of nitrogens with zero attached hydrogens (tertiary/aromatic N) is 2. The second-order valence-corrected chi connectivity index (χ2v) is 7.65. The third kappa shape index (κ3) is 3.31. The van der Waals surface area contributed by atoms with Gasteiger partial charge in [-0.05, 0) is 49.1 Å². The standard InChI is InChI=1S/C20H18Cl2N2O2/c1-12-5-7-24(8-6-12)20(25)14-4-2-3-13(9-14)19-23-17-11-15(21)10-16(22)18(17)26-19/h2-4,9-12H,5-8H2,1H3. The normalized spacial score (nSPS) is 15.6. The average Bonchev–Trinajstić information content (AvgIpc) is 3.06. The van der Waals surface area contributed by atoms with E-state index < -0.39 is 0 Å². The highest BCUT2D eigenvalue weighted by Crippen LogP contribution is 2.32. The zero-order valence-electron chi connectivity index (χ0n) is 14.3. The molecule has 6 heteroatoms. The number of aromatic nitrogens is 1. The fourth-order valence-electron chi connectivity index (χ4n) is 3.26. The number of oxazole rings is 1. The highest BCUT2D eigenvalue weighted by atomic mass is 35.5. The lowest BCUT2D eigenvalue weighted by Gasteiger charge is -2.30. The first-order valence-electron chi connectivity index (χ1n) is 8.66. The van der Waals surface area contributed by atoms with Crippen LogP contribution in [0.25, 0.3) is 22.6 Å². The number of halogens is 2. The van der Waals surface area contributed by atoms with Crippen molar-refractivity contribution in [3.8, 4) is 11.5 Å². The number of benzene rings is 2. The van der Waals surface area contributed by atoms with Crippen molar-refractivity contribution in [2.24, 2.45) is 5.92 Å². The number of carbonyl (C=O) groups is 1. The highest BCUT2D eigenvalue weighted by molar-refractivity contribution is 6.38. The van der Waals surface area contributed by atoms with Crippen LogP contribution in [0.4, 0.5) is 0 Å². The largest absolute Gasteiger partial charge is 0.435 e. The van der Waals surface area contributed by atoms with Gasteiger partial charge < -0.3 is 9.32 Å². The van der Waals surface area contributed by atoms with E-state index in [1.54, 1.807) is 12.1 Å². The molecule has 2 aromatic carbocycles. The Kier molecular flexibility index (Phi) is 4.63. The molecule has 4 nitrogen and oxygen atoms in total. The first-order valence-corrected chi connectivity index (χ1v) is 9.42. The van der Waals surface area contributed by atoms with Crippen LogP contribution in [0.15, 0.2) is 40.8 Å². The number of rotatable bonds is 2. The summed E-state index contributed by atoms with van der Waals surface area (Å²) in [5, 5.41) is 0.923. The summed E-state index contributed by atoms with van der Waals surface area (Å²) in [6.45, 7) is 3.84. The molecular weight excluding hydrogens is 371 g/mol. The summed E-state index contributed by atoms with van der Waals surface area (Å²) < 4.78 is 5.81. The summed E-state index contributed by atoms with van der Waals surface area (Å²) in [7, 11) is 0. The molecular formula is C20H18Cl2N2O2. The maximum absolute atomic E-state index is 12.8. The summed E-state index contributed by atoms with van der Waals surface area (Å²) in [5.74, 6) is 1.16. The first-order chi connectivity index (χ1) is 12.5. The zero-order valence-corrected chi connectivity index (χ0v) is 15.8. The minimum Gasteiger partial charge on any atom is -0.435 e. The van der Waals surface area contributed by atoms with Crippen molar-refractivity contribution in [1.82, 2.24) is 9.88 Å². The van der Waals surface area contributed by atoms with E-state index in [4.69, 9.17) is 27.6 Å². The molecule has 0 N–H and O–H groups in total. The van der Waals surface area contributed by atoms with Crippen LogP contribution in [0.2, 0.25) is 10.0 Å². The molecule has 1 aliphatic heterocycles. The van der Waals surface area contributed by atoms with E-state index in [0.717, 1.165) is 31.5 Å². The average molecular weight is 389 g/mol. The van der Waals surface area contributed by atoms with Crippen LogP contribution in [0.5, 0.6) is 0 Å². The monoisotopic (exact) mass is 388 g/mol. The highest BCUT2D eigenvalue weighted by Gasteiger charge is 2.22. The summed E-state index contributed by atoms with van der Waals surface area (Å²) in [6.07, 6.45) is 2.10. The van der Waals surface area contributed by atoms with Crippen molar-refractivity contribution < 1.29 is 9.21 Å². The van der Waals surface area contributed by atoms with Crippen LogP contribution in [0, 0.1) is 5.92 Å². The number of amides is 1. The molecule has 0 radical (unpaired) electrons. The van der Waals surface area contributed by atoms with Crippen molar-refractivity contribution in [3.05, 3.63) is 52.0 Å². The Morgan fingerprint density at radius 3 is 2.73 bits per heavy atom. The summed E-state index contributed by atoms with van der Waals surface area (Å²) in [5.41, 5.74) is 2.47. The second-order valence-electron chi connectivity index (χ2n) is 6.81. The van der Waals surface area contributed by atoms with Gasteiger partial charge in [-0.25, -0.2) is 4.98 Å². The molecule has 26 heavy (non-hydrogen) atoms. The van der Waals surface area contributed by atoms with Crippen LogP contribution in [0.1, 0.15) is 30.1 Å². The van der Waals surface area contributed by atoms with Crippen molar-refractivity contribution in [1.29, 1.82) is 0 Å². The fourth-order valence-corrected chi connectivity index (χ4v) is 3.78. The molecule has 1 aliphatic rings. The van der Waals surface area contributed by atoms with Gasteiger partial charge in [-0.15, -0.1) is 0 Å². The molecule has 4 rings (SSSR count). The Bertz CT molecular complexity index is 975. The van der Waals surface area contributed by atoms with Crippen LogP contribution in [0.3, 0.4) is 0 Å². The minimum absolute atomic E-state index is 0.0518. The predicted octanol–water partition coefficient (Wildman–Crippen LogP) is 5.67. The van der Waals surface area contributed by atoms with Gasteiger partial charge in [0.2, 0.25) is 5.89 Å². The molecule has 0 saturated carbocycles. The van der Waals surface area contributed by atoms with E-state index in [1.165, 1.54) is 0 Å². The molecule has 1 aromatic heterocycles. The van der Waals surface area contributed by atoms with Gasteiger partial charge in [0.05, 0.1) is 5.02 Å². The number of fused-ring (bicyclic) bond motifs is 1. The van der Waals surface area contributed by atoms with Crippen molar-refractivity contribution in [2.45, 2.75) is 19.8 Å². The Morgan fingerprint density at radius 2 is 1.96 bits per heavy atom. The third-order valence-corrected chi connectivity index (χ3v) is 5.34. The van der Waals surface area contributed by atoms with Crippen LogP contribution in [-0.2, 0) is 0 Å². The van der Waals surface area contributed by atoms with Gasteiger partial charge in [0.15, 0.2) is 5.58 Å². The Balaban J connectivity index is 1.65. The molecule has 3 aromatic rings. The summed E-state index contributed by atoms with van der Waals surface area (Å²) >= 11 is 12.2. The molecule has 0 unspecified atom stereocenters. The Labute approximate surface area is 161 Å². The van der Waals surface area contributed by atoms with E-state index in [2.05, 4.69) is 11.9 Å². The van der Waals surface area contributed by atoms with Crippen LogP contribution < -0.4 is 0 Å². The molecule has 134 valence electrons. The molecule has 0 spiro atoms. The number of carbonyl (C=O) groups excluding carboxylic acids is 1. The van der Waals surface area contributed by atoms with Crippen molar-refractivity contribution >= 4 is 40.2 Å². The molecule has 0 bridgehead atoms. The Morgan fingerprint density at radius 1 is 1.19 bits per heavy atom. The maximum Gasteiger partial charge on any atom is 0.253 e. The predicted molar refractivity (Wildman–Crippen MR) is 104 cm³/mol.